The molecule has 2 aliphatic heterocycles. The van der Waals surface area contributed by atoms with Gasteiger partial charge in [-0.3, -0.25) is 0 Å². The summed E-state index contributed by atoms with van der Waals surface area (Å²) in [5.41, 5.74) is 4.89. The van der Waals surface area contributed by atoms with Crippen molar-refractivity contribution < 1.29 is 13.2 Å². The minimum absolute atomic E-state index is 0.0642. The lowest BCUT2D eigenvalue weighted by atomic mass is 10.1. The van der Waals surface area contributed by atoms with Crippen LogP contribution < -0.4 is 15.5 Å². The highest BCUT2D eigenvalue weighted by atomic mass is 19.4. The Morgan fingerprint density at radius 2 is 1.45 bits per heavy atom. The fourth-order valence-electron chi connectivity index (χ4n) is 3.99. The second-order valence-corrected chi connectivity index (χ2v) is 7.66. The van der Waals surface area contributed by atoms with Crippen molar-refractivity contribution in [1.82, 2.24) is 15.0 Å². The molecule has 0 spiro atoms. The molecule has 0 radical (unpaired) electrons. The van der Waals surface area contributed by atoms with Gasteiger partial charge in [0.05, 0.1) is 11.3 Å². The summed E-state index contributed by atoms with van der Waals surface area (Å²) in [5.74, 6) is 1.01. The second-order valence-electron chi connectivity index (χ2n) is 7.66. The van der Waals surface area contributed by atoms with E-state index in [1.807, 2.05) is 0 Å². The molecule has 2 fully saturated rings. The van der Waals surface area contributed by atoms with Gasteiger partial charge >= 0.3 is 6.18 Å². The molecular formula is C20H25F3N6. The van der Waals surface area contributed by atoms with Crippen LogP contribution in [0.4, 0.5) is 30.8 Å². The van der Waals surface area contributed by atoms with E-state index in [2.05, 4.69) is 19.8 Å². The highest BCUT2D eigenvalue weighted by molar-refractivity contribution is 5.69. The summed E-state index contributed by atoms with van der Waals surface area (Å²) in [6, 6.07) is 2.53. The first-order chi connectivity index (χ1) is 13.9. The lowest BCUT2D eigenvalue weighted by Crippen LogP contribution is -2.33. The molecule has 0 amide bonds. The summed E-state index contributed by atoms with van der Waals surface area (Å²) in [6.07, 6.45) is 3.09. The number of aromatic nitrogens is 3. The third-order valence-electron chi connectivity index (χ3n) is 5.53. The SMILES string of the molecule is Nc1cc(C(F)(F)F)c(-c2cc(N3CCCCC3)nc(N3CCCCC3)n2)cn1. The largest absolute Gasteiger partial charge is 0.417 e. The number of hydrogen-bond donors (Lipinski definition) is 1. The fourth-order valence-corrected chi connectivity index (χ4v) is 3.99. The van der Waals surface area contributed by atoms with Gasteiger partial charge in [0.15, 0.2) is 0 Å². The van der Waals surface area contributed by atoms with Crippen molar-refractivity contribution in [3.63, 3.8) is 0 Å². The van der Waals surface area contributed by atoms with E-state index >= 15 is 0 Å². The molecule has 6 nitrogen and oxygen atoms in total. The number of nitrogens with two attached hydrogens (primary N) is 1. The monoisotopic (exact) mass is 406 g/mol. The first kappa shape index (κ1) is 19.7. The second kappa shape index (κ2) is 8.04. The number of alkyl halides is 3. The van der Waals surface area contributed by atoms with Crippen LogP contribution in [0.15, 0.2) is 18.3 Å². The maximum absolute atomic E-state index is 13.7. The molecule has 2 aromatic heterocycles. The molecule has 0 aliphatic carbocycles. The summed E-state index contributed by atoms with van der Waals surface area (Å²) < 4.78 is 41.0. The molecule has 29 heavy (non-hydrogen) atoms. The van der Waals surface area contributed by atoms with Crippen molar-refractivity contribution in [3.8, 4) is 11.3 Å². The van der Waals surface area contributed by atoms with Crippen LogP contribution in [-0.2, 0) is 6.18 Å². The number of piperidine rings is 2. The topological polar surface area (TPSA) is 71.2 Å². The Balaban J connectivity index is 1.82. The molecule has 9 heteroatoms. The standard InChI is InChI=1S/C20H25F3N6/c21-20(22,23)15-11-17(24)25-13-14(15)16-12-18(28-7-3-1-4-8-28)27-19(26-16)29-9-5-2-6-10-29/h11-13H,1-10H2,(H2,24,25). The minimum Gasteiger partial charge on any atom is -0.384 e. The minimum atomic E-state index is -4.55. The van der Waals surface area contributed by atoms with E-state index in [0.717, 1.165) is 70.8 Å². The van der Waals surface area contributed by atoms with Crippen LogP contribution in [0.5, 0.6) is 0 Å². The molecule has 0 unspecified atom stereocenters. The molecule has 4 heterocycles. The van der Waals surface area contributed by atoms with Gasteiger partial charge in [-0.15, -0.1) is 0 Å². The number of nitrogen functional groups attached to an aromatic ring is 1. The number of nitrogens with zero attached hydrogens (tertiary/aromatic N) is 5. The van der Waals surface area contributed by atoms with E-state index in [4.69, 9.17) is 10.7 Å². The van der Waals surface area contributed by atoms with E-state index in [0.29, 0.717) is 11.8 Å². The average molecular weight is 406 g/mol. The van der Waals surface area contributed by atoms with Crippen LogP contribution in [0, 0.1) is 0 Å². The number of hydrogen-bond acceptors (Lipinski definition) is 6. The smallest absolute Gasteiger partial charge is 0.384 e. The molecule has 2 N–H and O–H groups in total. The van der Waals surface area contributed by atoms with Crippen LogP contribution in [0.25, 0.3) is 11.3 Å². The zero-order chi connectivity index (χ0) is 20.4. The first-order valence-electron chi connectivity index (χ1n) is 10.1. The number of anilines is 3. The third kappa shape index (κ3) is 4.38. The molecule has 0 saturated carbocycles. The molecule has 4 rings (SSSR count). The van der Waals surface area contributed by atoms with Gasteiger partial charge in [0.2, 0.25) is 5.95 Å². The Morgan fingerprint density at radius 1 is 0.828 bits per heavy atom. The summed E-state index contributed by atoms with van der Waals surface area (Å²) in [4.78, 5) is 17.4. The molecule has 156 valence electrons. The summed E-state index contributed by atoms with van der Waals surface area (Å²) >= 11 is 0. The third-order valence-corrected chi connectivity index (χ3v) is 5.53. The number of halogens is 3. The Kier molecular flexibility index (Phi) is 5.47. The van der Waals surface area contributed by atoms with Crippen molar-refractivity contribution in [3.05, 3.63) is 23.9 Å². The zero-order valence-electron chi connectivity index (χ0n) is 16.3. The Morgan fingerprint density at radius 3 is 2.07 bits per heavy atom. The lowest BCUT2D eigenvalue weighted by Gasteiger charge is -2.31. The van der Waals surface area contributed by atoms with Crippen LogP contribution in [0.3, 0.4) is 0 Å². The first-order valence-corrected chi connectivity index (χ1v) is 10.1. The predicted octanol–water partition coefficient (Wildman–Crippen LogP) is 4.12. The van der Waals surface area contributed by atoms with Gasteiger partial charge < -0.3 is 15.5 Å². The van der Waals surface area contributed by atoms with Gasteiger partial charge in [-0.25, -0.2) is 9.97 Å². The van der Waals surface area contributed by atoms with E-state index < -0.39 is 11.7 Å². The van der Waals surface area contributed by atoms with Crippen LogP contribution in [-0.4, -0.2) is 41.1 Å². The Labute approximate surface area is 168 Å². The highest BCUT2D eigenvalue weighted by Gasteiger charge is 2.35. The van der Waals surface area contributed by atoms with E-state index in [9.17, 15) is 13.2 Å². The van der Waals surface area contributed by atoms with Crippen molar-refractivity contribution in [2.75, 3.05) is 41.7 Å². The molecule has 2 aliphatic rings. The summed E-state index contributed by atoms with van der Waals surface area (Å²) in [5, 5.41) is 0. The van der Waals surface area contributed by atoms with E-state index in [-0.39, 0.29) is 17.1 Å². The predicted molar refractivity (Wildman–Crippen MR) is 107 cm³/mol. The molecule has 2 aromatic rings. The molecule has 0 atom stereocenters. The summed E-state index contributed by atoms with van der Waals surface area (Å²) in [7, 11) is 0. The average Bonchev–Trinajstić information content (AvgIpc) is 2.74. The fraction of sp³-hybridized carbons (Fsp3) is 0.550. The van der Waals surface area contributed by atoms with Crippen molar-refractivity contribution in [2.45, 2.75) is 44.7 Å². The molecular weight excluding hydrogens is 381 g/mol. The summed E-state index contributed by atoms with van der Waals surface area (Å²) in [6.45, 7) is 3.33. The molecule has 0 aromatic carbocycles. The Hall–Kier alpha value is -2.58. The quantitative estimate of drug-likeness (QED) is 0.827. The van der Waals surface area contributed by atoms with Gasteiger partial charge in [-0.2, -0.15) is 18.2 Å². The van der Waals surface area contributed by atoms with Gasteiger partial charge in [-0.1, -0.05) is 0 Å². The normalized spacial score (nSPS) is 18.2. The molecule has 0 bridgehead atoms. The number of pyridine rings is 1. The van der Waals surface area contributed by atoms with Gasteiger partial charge in [0, 0.05) is 44.0 Å². The van der Waals surface area contributed by atoms with E-state index in [1.165, 1.54) is 6.20 Å². The maximum Gasteiger partial charge on any atom is 0.417 e. The van der Waals surface area contributed by atoms with E-state index in [1.54, 1.807) is 6.07 Å². The van der Waals surface area contributed by atoms with Gasteiger partial charge in [-0.05, 0) is 44.6 Å². The highest BCUT2D eigenvalue weighted by Crippen LogP contribution is 2.38. The maximum atomic E-state index is 13.7. The van der Waals surface area contributed by atoms with Crippen LogP contribution in [0.2, 0.25) is 0 Å². The van der Waals surface area contributed by atoms with Gasteiger partial charge in [0.25, 0.3) is 0 Å². The van der Waals surface area contributed by atoms with Crippen molar-refractivity contribution in [1.29, 1.82) is 0 Å². The van der Waals surface area contributed by atoms with Crippen LogP contribution in [0.1, 0.15) is 44.1 Å². The van der Waals surface area contributed by atoms with Crippen molar-refractivity contribution >= 4 is 17.6 Å². The Bertz CT molecular complexity index is 822. The molecule has 2 saturated heterocycles. The van der Waals surface area contributed by atoms with Crippen LogP contribution >= 0.6 is 0 Å². The lowest BCUT2D eigenvalue weighted by molar-refractivity contribution is -0.137. The van der Waals surface area contributed by atoms with Gasteiger partial charge in [0.1, 0.15) is 11.6 Å². The van der Waals surface area contributed by atoms with Crippen molar-refractivity contribution in [2.24, 2.45) is 0 Å². The number of rotatable bonds is 3. The zero-order valence-corrected chi connectivity index (χ0v) is 16.3.